The quantitative estimate of drug-likeness (QED) is 0.797. The Kier molecular flexibility index (Phi) is 2.52. The molecular formula is C9H11N3S2. The SMILES string of the molecule is Cc1ncsc1Cn1c(C)c[nH]c1=S. The summed E-state index contributed by atoms with van der Waals surface area (Å²) in [6.07, 6.45) is 1.93. The lowest BCUT2D eigenvalue weighted by Gasteiger charge is -2.03. The Hall–Kier alpha value is -0.940. The Labute approximate surface area is 91.4 Å². The van der Waals surface area contributed by atoms with Crippen LogP contribution < -0.4 is 0 Å². The van der Waals surface area contributed by atoms with Crippen molar-refractivity contribution in [1.29, 1.82) is 0 Å². The smallest absolute Gasteiger partial charge is 0.177 e. The Morgan fingerprint density at radius 3 is 2.86 bits per heavy atom. The van der Waals surface area contributed by atoms with E-state index in [9.17, 15) is 0 Å². The van der Waals surface area contributed by atoms with Gasteiger partial charge >= 0.3 is 0 Å². The van der Waals surface area contributed by atoms with Crippen LogP contribution in [0.25, 0.3) is 0 Å². The van der Waals surface area contributed by atoms with Gasteiger partial charge in [0.15, 0.2) is 4.77 Å². The molecule has 3 nitrogen and oxygen atoms in total. The van der Waals surface area contributed by atoms with E-state index in [2.05, 4.69) is 14.5 Å². The largest absolute Gasteiger partial charge is 0.337 e. The van der Waals surface area contributed by atoms with Crippen LogP contribution in [0.2, 0.25) is 0 Å². The van der Waals surface area contributed by atoms with E-state index < -0.39 is 0 Å². The van der Waals surface area contributed by atoms with Gasteiger partial charge in [-0.15, -0.1) is 11.3 Å². The van der Waals surface area contributed by atoms with Crippen LogP contribution in [0.4, 0.5) is 0 Å². The first-order valence-electron chi connectivity index (χ1n) is 4.32. The van der Waals surface area contributed by atoms with Gasteiger partial charge in [0.05, 0.1) is 17.7 Å². The van der Waals surface area contributed by atoms with Gasteiger partial charge in [0, 0.05) is 16.8 Å². The molecule has 0 aromatic carbocycles. The number of nitrogens with one attached hydrogen (secondary N) is 1. The minimum Gasteiger partial charge on any atom is -0.337 e. The third-order valence-electron chi connectivity index (χ3n) is 2.22. The van der Waals surface area contributed by atoms with E-state index in [1.165, 1.54) is 4.88 Å². The van der Waals surface area contributed by atoms with Crippen LogP contribution in [0.1, 0.15) is 16.3 Å². The van der Waals surface area contributed by atoms with Crippen LogP contribution in [-0.4, -0.2) is 14.5 Å². The maximum absolute atomic E-state index is 5.18. The predicted octanol–water partition coefficient (Wildman–Crippen LogP) is 2.67. The van der Waals surface area contributed by atoms with Crippen LogP contribution >= 0.6 is 23.6 Å². The van der Waals surface area contributed by atoms with Gasteiger partial charge < -0.3 is 9.55 Å². The zero-order valence-corrected chi connectivity index (χ0v) is 9.71. The Morgan fingerprint density at radius 1 is 1.57 bits per heavy atom. The maximum Gasteiger partial charge on any atom is 0.177 e. The van der Waals surface area contributed by atoms with Crippen molar-refractivity contribution in [2.75, 3.05) is 0 Å². The molecule has 2 rings (SSSR count). The van der Waals surface area contributed by atoms with E-state index in [-0.39, 0.29) is 0 Å². The third-order valence-corrected chi connectivity index (χ3v) is 3.48. The highest BCUT2D eigenvalue weighted by molar-refractivity contribution is 7.71. The molecule has 0 amide bonds. The van der Waals surface area contributed by atoms with Gasteiger partial charge in [-0.2, -0.15) is 0 Å². The molecule has 0 unspecified atom stereocenters. The van der Waals surface area contributed by atoms with Gasteiger partial charge in [0.2, 0.25) is 0 Å². The second-order valence-electron chi connectivity index (χ2n) is 3.18. The van der Waals surface area contributed by atoms with Crippen LogP contribution in [0.5, 0.6) is 0 Å². The van der Waals surface area contributed by atoms with Gasteiger partial charge in [-0.3, -0.25) is 0 Å². The highest BCUT2D eigenvalue weighted by Crippen LogP contribution is 2.15. The molecule has 0 aliphatic heterocycles. The summed E-state index contributed by atoms with van der Waals surface area (Å²) in [5.41, 5.74) is 4.12. The van der Waals surface area contributed by atoms with Crippen molar-refractivity contribution in [1.82, 2.24) is 14.5 Å². The van der Waals surface area contributed by atoms with Crippen molar-refractivity contribution in [3.63, 3.8) is 0 Å². The minimum absolute atomic E-state index is 0.773. The van der Waals surface area contributed by atoms with E-state index in [0.29, 0.717) is 0 Å². The average molecular weight is 225 g/mol. The molecule has 0 spiro atoms. The lowest BCUT2D eigenvalue weighted by Crippen LogP contribution is -2.01. The van der Waals surface area contributed by atoms with Crippen molar-refractivity contribution in [2.45, 2.75) is 20.4 Å². The summed E-state index contributed by atoms with van der Waals surface area (Å²) >= 11 is 6.85. The summed E-state index contributed by atoms with van der Waals surface area (Å²) in [7, 11) is 0. The molecule has 74 valence electrons. The molecule has 0 radical (unpaired) electrons. The van der Waals surface area contributed by atoms with E-state index in [1.807, 2.05) is 25.6 Å². The van der Waals surface area contributed by atoms with Crippen molar-refractivity contribution < 1.29 is 0 Å². The minimum atomic E-state index is 0.773. The number of aryl methyl sites for hydroxylation is 2. The molecule has 0 saturated heterocycles. The lowest BCUT2D eigenvalue weighted by molar-refractivity contribution is 0.762. The number of nitrogens with zero attached hydrogens (tertiary/aromatic N) is 2. The third kappa shape index (κ3) is 1.65. The lowest BCUT2D eigenvalue weighted by atomic mass is 10.4. The second-order valence-corrected chi connectivity index (χ2v) is 4.51. The summed E-state index contributed by atoms with van der Waals surface area (Å²) in [6.45, 7) is 4.89. The molecule has 0 aliphatic carbocycles. The number of rotatable bonds is 2. The molecule has 1 N–H and O–H groups in total. The number of aromatic nitrogens is 3. The molecular weight excluding hydrogens is 214 g/mol. The Balaban J connectivity index is 2.36. The van der Waals surface area contributed by atoms with E-state index in [0.717, 1.165) is 22.7 Å². The van der Waals surface area contributed by atoms with Crippen LogP contribution in [0.15, 0.2) is 11.7 Å². The van der Waals surface area contributed by atoms with Crippen molar-refractivity contribution in [2.24, 2.45) is 0 Å². The van der Waals surface area contributed by atoms with Crippen LogP contribution in [0, 0.1) is 18.6 Å². The molecule has 5 heteroatoms. The van der Waals surface area contributed by atoms with Crippen LogP contribution in [0.3, 0.4) is 0 Å². The summed E-state index contributed by atoms with van der Waals surface area (Å²) in [6, 6.07) is 0. The highest BCUT2D eigenvalue weighted by atomic mass is 32.1. The van der Waals surface area contributed by atoms with Gasteiger partial charge in [-0.25, -0.2) is 4.98 Å². The molecule has 2 heterocycles. The number of hydrogen-bond acceptors (Lipinski definition) is 3. The molecule has 14 heavy (non-hydrogen) atoms. The Morgan fingerprint density at radius 2 is 2.36 bits per heavy atom. The van der Waals surface area contributed by atoms with E-state index >= 15 is 0 Å². The summed E-state index contributed by atoms with van der Waals surface area (Å²) in [5.74, 6) is 0. The van der Waals surface area contributed by atoms with Gasteiger partial charge in [-0.1, -0.05) is 0 Å². The predicted molar refractivity (Wildman–Crippen MR) is 60.3 cm³/mol. The molecule has 0 atom stereocenters. The number of thiazole rings is 1. The highest BCUT2D eigenvalue weighted by Gasteiger charge is 2.05. The monoisotopic (exact) mass is 225 g/mol. The Bertz CT molecular complexity index is 492. The zero-order chi connectivity index (χ0) is 10.1. The number of H-pyrrole nitrogens is 1. The normalized spacial score (nSPS) is 10.7. The van der Waals surface area contributed by atoms with E-state index in [1.54, 1.807) is 11.3 Å². The number of imidazole rings is 1. The standard InChI is InChI=1S/C9H11N3S2/c1-6-3-10-9(13)12(6)4-8-7(2)11-5-14-8/h3,5H,4H2,1-2H3,(H,10,13). The first-order valence-corrected chi connectivity index (χ1v) is 5.61. The average Bonchev–Trinajstić information content (AvgIpc) is 2.67. The van der Waals surface area contributed by atoms with Gasteiger partial charge in [-0.05, 0) is 26.1 Å². The topological polar surface area (TPSA) is 33.6 Å². The summed E-state index contributed by atoms with van der Waals surface area (Å²) in [4.78, 5) is 8.52. The van der Waals surface area contributed by atoms with Gasteiger partial charge in [0.1, 0.15) is 0 Å². The number of hydrogen-bond donors (Lipinski definition) is 1. The molecule has 2 aromatic rings. The van der Waals surface area contributed by atoms with Crippen molar-refractivity contribution in [3.05, 3.63) is 32.7 Å². The molecule has 2 aromatic heterocycles. The number of aromatic amines is 1. The van der Waals surface area contributed by atoms with Crippen molar-refractivity contribution in [3.8, 4) is 0 Å². The summed E-state index contributed by atoms with van der Waals surface area (Å²) < 4.78 is 2.85. The van der Waals surface area contributed by atoms with Crippen molar-refractivity contribution >= 4 is 23.6 Å². The van der Waals surface area contributed by atoms with Crippen LogP contribution in [-0.2, 0) is 6.54 Å². The fourth-order valence-electron chi connectivity index (χ4n) is 1.30. The molecule has 0 saturated carbocycles. The molecule has 0 fully saturated rings. The molecule has 0 bridgehead atoms. The fourth-order valence-corrected chi connectivity index (χ4v) is 2.33. The first-order chi connectivity index (χ1) is 6.68. The second kappa shape index (κ2) is 3.67. The van der Waals surface area contributed by atoms with E-state index in [4.69, 9.17) is 12.2 Å². The zero-order valence-electron chi connectivity index (χ0n) is 8.07. The maximum atomic E-state index is 5.18. The first kappa shape index (κ1) is 9.61. The molecule has 0 aliphatic rings. The van der Waals surface area contributed by atoms with Gasteiger partial charge in [0.25, 0.3) is 0 Å². The summed E-state index contributed by atoms with van der Waals surface area (Å²) in [5, 5.41) is 0. The fraction of sp³-hybridized carbons (Fsp3) is 0.333.